The first kappa shape index (κ1) is 13.1. The van der Waals surface area contributed by atoms with Crippen LogP contribution in [-0.4, -0.2) is 52.8 Å². The molecule has 3 heterocycles. The lowest BCUT2D eigenvalue weighted by molar-refractivity contribution is 0.116. The highest BCUT2D eigenvalue weighted by molar-refractivity contribution is 5.03. The Hall–Kier alpha value is -1.93. The summed E-state index contributed by atoms with van der Waals surface area (Å²) in [6.45, 7) is 0.763. The highest BCUT2D eigenvalue weighted by Crippen LogP contribution is 2.35. The van der Waals surface area contributed by atoms with E-state index in [1.54, 1.807) is 23.3 Å². The Bertz CT molecular complexity index is 558. The molecule has 0 bridgehead atoms. The number of aryl methyl sites for hydroxylation is 1. The number of tetrazole rings is 1. The maximum Gasteiger partial charge on any atom is 0.168 e. The van der Waals surface area contributed by atoms with Crippen LogP contribution >= 0.6 is 0 Å². The number of likely N-dealkylation sites (tertiary alicyclic amines) is 1. The van der Waals surface area contributed by atoms with Gasteiger partial charge < -0.3 is 5.11 Å². The van der Waals surface area contributed by atoms with Gasteiger partial charge in [-0.05, 0) is 23.3 Å². The van der Waals surface area contributed by atoms with Gasteiger partial charge in [0.2, 0.25) is 0 Å². The molecule has 0 saturated carbocycles. The fourth-order valence-corrected chi connectivity index (χ4v) is 2.77. The summed E-state index contributed by atoms with van der Waals surface area (Å²) in [5.41, 5.74) is 0.882. The average molecular weight is 275 g/mol. The van der Waals surface area contributed by atoms with Crippen LogP contribution in [0.1, 0.15) is 30.4 Å². The minimum atomic E-state index is 0.106. The van der Waals surface area contributed by atoms with Crippen molar-refractivity contribution in [2.24, 2.45) is 7.05 Å². The minimum Gasteiger partial charge on any atom is -0.395 e. The van der Waals surface area contributed by atoms with Gasteiger partial charge in [0, 0.05) is 38.2 Å². The molecule has 0 spiro atoms. The molecule has 1 fully saturated rings. The zero-order valence-corrected chi connectivity index (χ0v) is 11.3. The molecule has 0 radical (unpaired) electrons. The van der Waals surface area contributed by atoms with Crippen molar-refractivity contribution in [3.05, 3.63) is 30.1 Å². The Morgan fingerprint density at radius 3 is 2.90 bits per heavy atom. The first-order chi connectivity index (χ1) is 9.79. The van der Waals surface area contributed by atoms with E-state index in [4.69, 9.17) is 0 Å². The van der Waals surface area contributed by atoms with Crippen LogP contribution in [0.25, 0.3) is 0 Å². The maximum atomic E-state index is 9.56. The third kappa shape index (κ3) is 2.39. The van der Waals surface area contributed by atoms with E-state index in [-0.39, 0.29) is 18.7 Å². The second kappa shape index (κ2) is 5.59. The number of nitrogens with zero attached hydrogens (tertiary/aromatic N) is 7. The summed E-state index contributed by atoms with van der Waals surface area (Å²) in [7, 11) is 1.84. The van der Waals surface area contributed by atoms with E-state index in [2.05, 4.69) is 30.4 Å². The van der Waals surface area contributed by atoms with Gasteiger partial charge in [-0.1, -0.05) is 0 Å². The second-order valence-corrected chi connectivity index (χ2v) is 4.96. The number of rotatable bonds is 4. The molecule has 0 unspecified atom stereocenters. The third-order valence-corrected chi connectivity index (χ3v) is 3.77. The summed E-state index contributed by atoms with van der Waals surface area (Å²) in [5, 5.41) is 21.3. The minimum absolute atomic E-state index is 0.106. The molecule has 0 aliphatic carbocycles. The van der Waals surface area contributed by atoms with Crippen LogP contribution in [0.4, 0.5) is 0 Å². The summed E-state index contributed by atoms with van der Waals surface area (Å²) in [6, 6.07) is 0.216. The fraction of sp³-hybridized carbons (Fsp3) is 0.583. The van der Waals surface area contributed by atoms with Gasteiger partial charge in [0.25, 0.3) is 0 Å². The zero-order valence-electron chi connectivity index (χ0n) is 11.3. The number of hydrogen-bond donors (Lipinski definition) is 1. The van der Waals surface area contributed by atoms with Crippen molar-refractivity contribution >= 4 is 0 Å². The van der Waals surface area contributed by atoms with Crippen molar-refractivity contribution in [3.63, 3.8) is 0 Å². The maximum absolute atomic E-state index is 9.56. The van der Waals surface area contributed by atoms with Gasteiger partial charge in [0.1, 0.15) is 0 Å². The van der Waals surface area contributed by atoms with Crippen LogP contribution in [0.2, 0.25) is 0 Å². The predicted molar refractivity (Wildman–Crippen MR) is 69.2 cm³/mol. The summed E-state index contributed by atoms with van der Waals surface area (Å²) in [4.78, 5) is 10.6. The summed E-state index contributed by atoms with van der Waals surface area (Å²) in [6.07, 6.45) is 6.94. The highest BCUT2D eigenvalue weighted by atomic mass is 16.3. The van der Waals surface area contributed by atoms with E-state index in [0.29, 0.717) is 6.54 Å². The second-order valence-electron chi connectivity index (χ2n) is 4.96. The first-order valence-corrected chi connectivity index (χ1v) is 6.63. The molecule has 106 valence electrons. The number of hydrogen-bond acceptors (Lipinski definition) is 7. The SMILES string of the molecule is Cn1nnnc1[C@@H]1CC[C@@H](CO)N1Cc1cnccn1. The Kier molecular flexibility index (Phi) is 3.66. The van der Waals surface area contributed by atoms with Crippen LogP contribution in [0.3, 0.4) is 0 Å². The van der Waals surface area contributed by atoms with Crippen LogP contribution in [0.5, 0.6) is 0 Å². The van der Waals surface area contributed by atoms with Gasteiger partial charge in [-0.3, -0.25) is 14.9 Å². The first-order valence-electron chi connectivity index (χ1n) is 6.63. The molecule has 8 heteroatoms. The number of aliphatic hydroxyl groups is 1. The van der Waals surface area contributed by atoms with Crippen molar-refractivity contribution in [3.8, 4) is 0 Å². The van der Waals surface area contributed by atoms with Crippen molar-refractivity contribution in [1.82, 2.24) is 35.1 Å². The predicted octanol–water partition coefficient (Wildman–Crippen LogP) is -0.302. The number of aliphatic hydroxyl groups excluding tert-OH is 1. The van der Waals surface area contributed by atoms with Gasteiger partial charge in [0.15, 0.2) is 5.82 Å². The largest absolute Gasteiger partial charge is 0.395 e. The average Bonchev–Trinajstić information content (AvgIpc) is 3.06. The van der Waals surface area contributed by atoms with Gasteiger partial charge in [-0.25, -0.2) is 4.68 Å². The monoisotopic (exact) mass is 275 g/mol. The molecule has 3 rings (SSSR count). The summed E-state index contributed by atoms with van der Waals surface area (Å²) < 4.78 is 1.69. The summed E-state index contributed by atoms with van der Waals surface area (Å²) in [5.74, 6) is 0.824. The van der Waals surface area contributed by atoms with Crippen molar-refractivity contribution in [1.29, 1.82) is 0 Å². The van der Waals surface area contributed by atoms with Crippen LogP contribution < -0.4 is 0 Å². The van der Waals surface area contributed by atoms with E-state index < -0.39 is 0 Å². The lowest BCUT2D eigenvalue weighted by Gasteiger charge is -2.27. The van der Waals surface area contributed by atoms with E-state index in [1.165, 1.54) is 0 Å². The third-order valence-electron chi connectivity index (χ3n) is 3.77. The smallest absolute Gasteiger partial charge is 0.168 e. The number of aromatic nitrogens is 6. The molecule has 20 heavy (non-hydrogen) atoms. The van der Waals surface area contributed by atoms with E-state index in [0.717, 1.165) is 24.4 Å². The molecule has 8 nitrogen and oxygen atoms in total. The summed E-state index contributed by atoms with van der Waals surface area (Å²) >= 11 is 0. The van der Waals surface area contributed by atoms with E-state index in [1.807, 2.05) is 7.05 Å². The van der Waals surface area contributed by atoms with Crippen LogP contribution in [0, 0.1) is 0 Å². The van der Waals surface area contributed by atoms with E-state index in [9.17, 15) is 5.11 Å². The van der Waals surface area contributed by atoms with Crippen molar-refractivity contribution in [2.45, 2.75) is 31.5 Å². The normalized spacial score (nSPS) is 23.3. The Morgan fingerprint density at radius 2 is 2.25 bits per heavy atom. The molecule has 1 aliphatic heterocycles. The van der Waals surface area contributed by atoms with Crippen LogP contribution in [0.15, 0.2) is 18.6 Å². The molecule has 0 amide bonds. The quantitative estimate of drug-likeness (QED) is 0.818. The van der Waals surface area contributed by atoms with Crippen molar-refractivity contribution < 1.29 is 5.11 Å². The van der Waals surface area contributed by atoms with Gasteiger partial charge >= 0.3 is 0 Å². The molecule has 1 aliphatic rings. The Morgan fingerprint density at radius 1 is 1.35 bits per heavy atom. The Balaban J connectivity index is 1.85. The van der Waals surface area contributed by atoms with Crippen molar-refractivity contribution in [2.75, 3.05) is 6.61 Å². The molecular formula is C12H17N7O. The zero-order chi connectivity index (χ0) is 13.9. The molecule has 1 saturated heterocycles. The lowest BCUT2D eigenvalue weighted by Crippen LogP contribution is -2.35. The fourth-order valence-electron chi connectivity index (χ4n) is 2.77. The van der Waals surface area contributed by atoms with Gasteiger partial charge in [0.05, 0.1) is 18.3 Å². The molecule has 0 aromatic carbocycles. The molecule has 2 atom stereocenters. The van der Waals surface area contributed by atoms with E-state index >= 15 is 0 Å². The molecule has 1 N–H and O–H groups in total. The Labute approximate surface area is 116 Å². The lowest BCUT2D eigenvalue weighted by atomic mass is 10.2. The molecule has 2 aromatic rings. The van der Waals surface area contributed by atoms with Gasteiger partial charge in [-0.2, -0.15) is 0 Å². The molecular weight excluding hydrogens is 258 g/mol. The van der Waals surface area contributed by atoms with Crippen LogP contribution in [-0.2, 0) is 13.6 Å². The van der Waals surface area contributed by atoms with Gasteiger partial charge in [-0.15, -0.1) is 5.10 Å². The molecule has 2 aromatic heterocycles. The highest BCUT2D eigenvalue weighted by Gasteiger charge is 2.36. The topological polar surface area (TPSA) is 92.8 Å². The standard InChI is InChI=1S/C12H17N7O/c1-18-12(15-16-17-18)11-3-2-10(8-20)19(11)7-9-6-13-4-5-14-9/h4-6,10-11,20H,2-3,7-8H2,1H3/t10-,11-/m0/s1.